The fourth-order valence-corrected chi connectivity index (χ4v) is 4.24. The molecule has 1 aliphatic rings. The highest BCUT2D eigenvalue weighted by atomic mass is 15.4. The van der Waals surface area contributed by atoms with E-state index < -0.39 is 0 Å². The van der Waals surface area contributed by atoms with Crippen molar-refractivity contribution >= 4 is 0 Å². The molecule has 0 fully saturated rings. The minimum Gasteiger partial charge on any atom is -0.244 e. The minimum atomic E-state index is 0.857. The lowest BCUT2D eigenvalue weighted by molar-refractivity contribution is 0.555. The highest BCUT2D eigenvalue weighted by Crippen LogP contribution is 2.45. The second-order valence-electron chi connectivity index (χ2n) is 7.82. The summed E-state index contributed by atoms with van der Waals surface area (Å²) in [5.41, 5.74) is 8.42. The molecule has 0 saturated heterocycles. The third kappa shape index (κ3) is 2.95. The van der Waals surface area contributed by atoms with Gasteiger partial charge < -0.3 is 0 Å². The van der Waals surface area contributed by atoms with Crippen molar-refractivity contribution < 1.29 is 0 Å². The van der Waals surface area contributed by atoms with Crippen molar-refractivity contribution in [3.63, 3.8) is 0 Å². The third-order valence-corrected chi connectivity index (χ3v) is 5.79. The van der Waals surface area contributed by atoms with Crippen LogP contribution in [0.3, 0.4) is 0 Å². The van der Waals surface area contributed by atoms with E-state index in [2.05, 4.69) is 92.4 Å². The first kappa shape index (κ1) is 18.7. The molecule has 0 radical (unpaired) electrons. The van der Waals surface area contributed by atoms with Gasteiger partial charge in [-0.15, -0.1) is 10.2 Å². The Hall–Kier alpha value is -3.28. The van der Waals surface area contributed by atoms with Crippen LogP contribution in [0.25, 0.3) is 45.0 Å². The number of nitrogens with zero attached hydrogens (tertiary/aromatic N) is 6. The number of hydrogen-bond donors (Lipinski definition) is 0. The van der Waals surface area contributed by atoms with E-state index in [-0.39, 0.29) is 0 Å². The van der Waals surface area contributed by atoms with Gasteiger partial charge in [0.1, 0.15) is 11.4 Å². The first-order chi connectivity index (χ1) is 14.8. The van der Waals surface area contributed by atoms with E-state index in [1.54, 1.807) is 0 Å². The minimum absolute atomic E-state index is 0.857. The van der Waals surface area contributed by atoms with Gasteiger partial charge in [-0.05, 0) is 12.8 Å². The van der Waals surface area contributed by atoms with Gasteiger partial charge in [0.2, 0.25) is 0 Å². The Morgan fingerprint density at radius 2 is 1.00 bits per heavy atom. The summed E-state index contributed by atoms with van der Waals surface area (Å²) >= 11 is 0. The quantitative estimate of drug-likeness (QED) is 0.381. The fourth-order valence-electron chi connectivity index (χ4n) is 4.24. The average Bonchev–Trinajstić information content (AvgIpc) is 3.39. The van der Waals surface area contributed by atoms with E-state index in [4.69, 9.17) is 0 Å². The number of benzene rings is 2. The Bertz CT molecular complexity index is 1090. The monoisotopic (exact) mass is 398 g/mol. The summed E-state index contributed by atoms with van der Waals surface area (Å²) in [6, 6.07) is 16.9. The van der Waals surface area contributed by atoms with E-state index in [0.717, 1.165) is 83.8 Å². The summed E-state index contributed by atoms with van der Waals surface area (Å²) in [4.78, 5) is 0. The summed E-state index contributed by atoms with van der Waals surface area (Å²) in [6.07, 6.45) is 4.37. The number of unbranched alkanes of at least 4 members (excludes halogenated alkanes) is 2. The molecule has 152 valence electrons. The third-order valence-electron chi connectivity index (χ3n) is 5.79. The standard InChI is InChI=1S/C24H26N6/c1-3-5-15-29-23-19-13-9-10-14-20(19)24-22(26-28-30(24)16-6-4-2)18-12-8-7-11-17(18)21(23)25-27-29/h7-14H,3-6,15-16H2,1-2H3. The van der Waals surface area contributed by atoms with Crippen molar-refractivity contribution in [2.45, 2.75) is 52.6 Å². The molecule has 2 heterocycles. The van der Waals surface area contributed by atoms with Crippen LogP contribution in [0.2, 0.25) is 0 Å². The zero-order valence-corrected chi connectivity index (χ0v) is 17.5. The van der Waals surface area contributed by atoms with E-state index in [1.165, 1.54) is 0 Å². The first-order valence-corrected chi connectivity index (χ1v) is 10.9. The van der Waals surface area contributed by atoms with Gasteiger partial charge in [-0.2, -0.15) is 0 Å². The summed E-state index contributed by atoms with van der Waals surface area (Å²) in [7, 11) is 0. The summed E-state index contributed by atoms with van der Waals surface area (Å²) in [6.45, 7) is 6.12. The Morgan fingerprint density at radius 3 is 1.40 bits per heavy atom. The van der Waals surface area contributed by atoms with Gasteiger partial charge in [0, 0.05) is 35.3 Å². The lowest BCUT2D eigenvalue weighted by Gasteiger charge is -2.18. The van der Waals surface area contributed by atoms with E-state index in [0.29, 0.717) is 0 Å². The van der Waals surface area contributed by atoms with Crippen LogP contribution < -0.4 is 0 Å². The van der Waals surface area contributed by atoms with Gasteiger partial charge in [-0.3, -0.25) is 0 Å². The number of hydrogen-bond acceptors (Lipinski definition) is 4. The number of rotatable bonds is 6. The van der Waals surface area contributed by atoms with E-state index in [1.807, 2.05) is 0 Å². The molecule has 5 rings (SSSR count). The molecule has 0 atom stereocenters. The van der Waals surface area contributed by atoms with Gasteiger partial charge >= 0.3 is 0 Å². The zero-order chi connectivity index (χ0) is 20.5. The molecule has 4 aromatic rings. The Labute approximate surface area is 176 Å². The molecule has 0 amide bonds. The van der Waals surface area contributed by atoms with Gasteiger partial charge in [0.15, 0.2) is 0 Å². The summed E-state index contributed by atoms with van der Waals surface area (Å²) < 4.78 is 4.14. The Kier molecular flexibility index (Phi) is 4.91. The van der Waals surface area contributed by atoms with Crippen molar-refractivity contribution in [1.82, 2.24) is 30.0 Å². The molecule has 2 aromatic carbocycles. The van der Waals surface area contributed by atoms with Crippen LogP contribution in [0, 0.1) is 0 Å². The second kappa shape index (κ2) is 7.86. The average molecular weight is 399 g/mol. The molecule has 30 heavy (non-hydrogen) atoms. The molecular formula is C24H26N6. The van der Waals surface area contributed by atoms with Crippen LogP contribution in [0.15, 0.2) is 48.5 Å². The number of aromatic nitrogens is 6. The SMILES string of the molecule is CCCCn1nnc2c1-c1ccccc1-c1c(nnn1CCCC)-c1ccccc1-2. The van der Waals surface area contributed by atoms with Crippen molar-refractivity contribution in [2.75, 3.05) is 0 Å². The molecule has 0 saturated carbocycles. The van der Waals surface area contributed by atoms with Gasteiger partial charge in [0.05, 0.1) is 11.4 Å². The molecule has 2 aromatic heterocycles. The molecular weight excluding hydrogens is 372 g/mol. The molecule has 6 nitrogen and oxygen atoms in total. The normalized spacial score (nSPS) is 11.8. The summed E-state index contributed by atoms with van der Waals surface area (Å²) in [5, 5.41) is 18.4. The summed E-state index contributed by atoms with van der Waals surface area (Å²) in [5.74, 6) is 0. The molecule has 0 unspecified atom stereocenters. The Morgan fingerprint density at radius 1 is 0.600 bits per heavy atom. The van der Waals surface area contributed by atoms with E-state index in [9.17, 15) is 0 Å². The van der Waals surface area contributed by atoms with Crippen LogP contribution in [-0.4, -0.2) is 30.0 Å². The predicted molar refractivity (Wildman–Crippen MR) is 119 cm³/mol. The lowest BCUT2D eigenvalue weighted by Crippen LogP contribution is -2.07. The second-order valence-corrected chi connectivity index (χ2v) is 7.82. The maximum absolute atomic E-state index is 4.64. The maximum Gasteiger partial charge on any atom is 0.121 e. The van der Waals surface area contributed by atoms with Crippen LogP contribution in [-0.2, 0) is 13.1 Å². The van der Waals surface area contributed by atoms with Crippen molar-refractivity contribution in [3.05, 3.63) is 48.5 Å². The van der Waals surface area contributed by atoms with Gasteiger partial charge in [-0.25, -0.2) is 9.36 Å². The van der Waals surface area contributed by atoms with Gasteiger partial charge in [-0.1, -0.05) is 85.6 Å². The Balaban J connectivity index is 1.84. The maximum atomic E-state index is 4.64. The highest BCUT2D eigenvalue weighted by molar-refractivity contribution is 5.98. The van der Waals surface area contributed by atoms with Crippen molar-refractivity contribution in [2.24, 2.45) is 0 Å². The highest BCUT2D eigenvalue weighted by Gasteiger charge is 2.29. The van der Waals surface area contributed by atoms with Gasteiger partial charge in [0.25, 0.3) is 0 Å². The molecule has 0 bridgehead atoms. The largest absolute Gasteiger partial charge is 0.244 e. The topological polar surface area (TPSA) is 61.4 Å². The first-order valence-electron chi connectivity index (χ1n) is 10.9. The van der Waals surface area contributed by atoms with Crippen LogP contribution in [0.4, 0.5) is 0 Å². The zero-order valence-electron chi connectivity index (χ0n) is 17.5. The smallest absolute Gasteiger partial charge is 0.121 e. The van der Waals surface area contributed by atoms with Crippen LogP contribution in [0.1, 0.15) is 39.5 Å². The molecule has 0 N–H and O–H groups in total. The molecule has 1 aliphatic carbocycles. The molecule has 6 heteroatoms. The predicted octanol–water partition coefficient (Wildman–Crippen LogP) is 5.45. The number of aryl methyl sites for hydroxylation is 2. The van der Waals surface area contributed by atoms with Crippen LogP contribution in [0.5, 0.6) is 0 Å². The lowest BCUT2D eigenvalue weighted by atomic mass is 9.89. The van der Waals surface area contributed by atoms with Crippen molar-refractivity contribution in [3.8, 4) is 45.0 Å². The molecule has 0 spiro atoms. The van der Waals surface area contributed by atoms with E-state index >= 15 is 0 Å². The van der Waals surface area contributed by atoms with Crippen molar-refractivity contribution in [1.29, 1.82) is 0 Å². The fraction of sp³-hybridized carbons (Fsp3) is 0.333. The molecule has 0 aliphatic heterocycles. The van der Waals surface area contributed by atoms with Crippen LogP contribution >= 0.6 is 0 Å². The number of fused-ring (bicyclic) bond motifs is 8.